The molecule has 0 radical (unpaired) electrons. The van der Waals surface area contributed by atoms with E-state index in [0.717, 1.165) is 0 Å². The molecule has 0 aliphatic rings. The standard InChI is InChI=1S/C16H10N2O3/c1-20-16(19)12-6-2-3-7-14(12)21-15-8-4-5-11(9-17)13(15)10-18/h2-8H,1H3. The number of rotatable bonds is 3. The maximum Gasteiger partial charge on any atom is 0.341 e. The van der Waals surface area contributed by atoms with Crippen molar-refractivity contribution in [1.29, 1.82) is 10.5 Å². The van der Waals surface area contributed by atoms with Crippen LogP contribution < -0.4 is 4.74 Å². The van der Waals surface area contributed by atoms with Crippen molar-refractivity contribution in [2.75, 3.05) is 7.11 Å². The number of hydrogen-bond acceptors (Lipinski definition) is 5. The van der Waals surface area contributed by atoms with E-state index in [4.69, 9.17) is 15.3 Å². The van der Waals surface area contributed by atoms with Crippen molar-refractivity contribution < 1.29 is 14.3 Å². The second-order valence-corrected chi connectivity index (χ2v) is 3.99. The summed E-state index contributed by atoms with van der Waals surface area (Å²) in [5.74, 6) is -0.0654. The van der Waals surface area contributed by atoms with Crippen LogP contribution >= 0.6 is 0 Å². The summed E-state index contributed by atoms with van der Waals surface area (Å²) in [5, 5.41) is 18.2. The number of ether oxygens (including phenoxy) is 2. The van der Waals surface area contributed by atoms with Crippen LogP contribution in [0.15, 0.2) is 42.5 Å². The smallest absolute Gasteiger partial charge is 0.341 e. The van der Waals surface area contributed by atoms with Gasteiger partial charge in [0.15, 0.2) is 0 Å². The van der Waals surface area contributed by atoms with Crippen LogP contribution in [0.4, 0.5) is 0 Å². The van der Waals surface area contributed by atoms with Gasteiger partial charge in [-0.15, -0.1) is 0 Å². The lowest BCUT2D eigenvalue weighted by Gasteiger charge is -2.11. The molecule has 0 amide bonds. The second-order valence-electron chi connectivity index (χ2n) is 3.99. The van der Waals surface area contributed by atoms with E-state index < -0.39 is 5.97 Å². The van der Waals surface area contributed by atoms with Crippen molar-refractivity contribution in [3.8, 4) is 23.6 Å². The highest BCUT2D eigenvalue weighted by Crippen LogP contribution is 2.29. The van der Waals surface area contributed by atoms with Crippen LogP contribution in [0.3, 0.4) is 0 Å². The van der Waals surface area contributed by atoms with Gasteiger partial charge < -0.3 is 9.47 Å². The van der Waals surface area contributed by atoms with E-state index >= 15 is 0 Å². The van der Waals surface area contributed by atoms with Gasteiger partial charge in [-0.1, -0.05) is 18.2 Å². The Morgan fingerprint density at radius 1 is 1.00 bits per heavy atom. The van der Waals surface area contributed by atoms with E-state index in [-0.39, 0.29) is 28.2 Å². The zero-order valence-corrected chi connectivity index (χ0v) is 11.2. The summed E-state index contributed by atoms with van der Waals surface area (Å²) >= 11 is 0. The van der Waals surface area contributed by atoms with Crippen molar-refractivity contribution in [2.24, 2.45) is 0 Å². The van der Waals surface area contributed by atoms with Crippen molar-refractivity contribution >= 4 is 5.97 Å². The fraction of sp³-hybridized carbons (Fsp3) is 0.0625. The number of nitriles is 2. The summed E-state index contributed by atoms with van der Waals surface area (Å²) < 4.78 is 10.3. The Kier molecular flexibility index (Phi) is 4.18. The summed E-state index contributed by atoms with van der Waals surface area (Å²) in [6.07, 6.45) is 0. The predicted molar refractivity (Wildman–Crippen MR) is 73.7 cm³/mol. The molecule has 21 heavy (non-hydrogen) atoms. The van der Waals surface area contributed by atoms with Crippen LogP contribution in [0.2, 0.25) is 0 Å². The molecule has 0 saturated carbocycles. The molecule has 0 aliphatic heterocycles. The molecule has 0 atom stereocenters. The molecule has 0 heterocycles. The first-order valence-corrected chi connectivity index (χ1v) is 5.99. The van der Waals surface area contributed by atoms with Gasteiger partial charge in [0, 0.05) is 0 Å². The number of carbonyl (C=O) groups excluding carboxylic acids is 1. The largest absolute Gasteiger partial charge is 0.465 e. The Hall–Kier alpha value is -3.31. The first-order chi connectivity index (χ1) is 10.2. The van der Waals surface area contributed by atoms with Crippen LogP contribution in [-0.4, -0.2) is 13.1 Å². The third-order valence-corrected chi connectivity index (χ3v) is 2.77. The fourth-order valence-electron chi connectivity index (χ4n) is 1.78. The minimum atomic E-state index is -0.541. The third-order valence-electron chi connectivity index (χ3n) is 2.77. The lowest BCUT2D eigenvalue weighted by molar-refractivity contribution is 0.0598. The number of benzene rings is 2. The summed E-state index contributed by atoms with van der Waals surface area (Å²) in [6, 6.07) is 15.1. The van der Waals surface area contributed by atoms with Crippen molar-refractivity contribution in [1.82, 2.24) is 0 Å². The molecular weight excluding hydrogens is 268 g/mol. The number of esters is 1. The van der Waals surface area contributed by atoms with E-state index in [1.807, 2.05) is 12.1 Å². The average Bonchev–Trinajstić information content (AvgIpc) is 2.54. The normalized spacial score (nSPS) is 9.29. The second kappa shape index (κ2) is 6.23. The van der Waals surface area contributed by atoms with Gasteiger partial charge in [0.05, 0.1) is 12.7 Å². The Morgan fingerprint density at radius 2 is 1.71 bits per heavy atom. The van der Waals surface area contributed by atoms with Crippen molar-refractivity contribution in [2.45, 2.75) is 0 Å². The molecule has 0 aromatic heterocycles. The molecule has 0 aliphatic carbocycles. The van der Waals surface area contributed by atoms with E-state index in [1.54, 1.807) is 36.4 Å². The fourth-order valence-corrected chi connectivity index (χ4v) is 1.78. The van der Waals surface area contributed by atoms with Crippen LogP contribution in [-0.2, 0) is 4.74 Å². The molecule has 0 saturated heterocycles. The minimum Gasteiger partial charge on any atom is -0.465 e. The van der Waals surface area contributed by atoms with Crippen molar-refractivity contribution in [3.63, 3.8) is 0 Å². The monoisotopic (exact) mass is 278 g/mol. The van der Waals surface area contributed by atoms with Gasteiger partial charge in [0.1, 0.15) is 34.8 Å². The molecule has 0 N–H and O–H groups in total. The molecule has 5 heteroatoms. The highest BCUT2D eigenvalue weighted by Gasteiger charge is 2.15. The Morgan fingerprint density at radius 3 is 2.38 bits per heavy atom. The van der Waals surface area contributed by atoms with Gasteiger partial charge in [-0.3, -0.25) is 0 Å². The Bertz CT molecular complexity index is 770. The lowest BCUT2D eigenvalue weighted by Crippen LogP contribution is -2.04. The van der Waals surface area contributed by atoms with Crippen LogP contribution in [0.5, 0.6) is 11.5 Å². The highest BCUT2D eigenvalue weighted by atomic mass is 16.5. The predicted octanol–water partition coefficient (Wildman–Crippen LogP) is 3.01. The van der Waals surface area contributed by atoms with Gasteiger partial charge in [-0.2, -0.15) is 10.5 Å². The molecule has 0 fully saturated rings. The van der Waals surface area contributed by atoms with E-state index in [0.29, 0.717) is 0 Å². The Balaban J connectivity index is 2.48. The minimum absolute atomic E-state index is 0.125. The summed E-state index contributed by atoms with van der Waals surface area (Å²) in [4.78, 5) is 11.7. The molecule has 5 nitrogen and oxygen atoms in total. The summed E-state index contributed by atoms with van der Waals surface area (Å²) in [5.41, 5.74) is 0.580. The topological polar surface area (TPSA) is 83.1 Å². The highest BCUT2D eigenvalue weighted by molar-refractivity contribution is 5.92. The van der Waals surface area contributed by atoms with Crippen LogP contribution in [0, 0.1) is 22.7 Å². The molecule has 2 rings (SSSR count). The molecule has 0 spiro atoms. The van der Waals surface area contributed by atoms with Gasteiger partial charge in [0.2, 0.25) is 0 Å². The zero-order valence-electron chi connectivity index (χ0n) is 11.2. The molecule has 2 aromatic rings. The maximum absolute atomic E-state index is 11.7. The number of hydrogen-bond donors (Lipinski definition) is 0. The summed E-state index contributed by atoms with van der Waals surface area (Å²) in [7, 11) is 1.27. The molecule has 0 unspecified atom stereocenters. The maximum atomic E-state index is 11.7. The van der Waals surface area contributed by atoms with Crippen LogP contribution in [0.25, 0.3) is 0 Å². The molecule has 0 bridgehead atoms. The van der Waals surface area contributed by atoms with Crippen LogP contribution in [0.1, 0.15) is 21.5 Å². The molecular formula is C16H10N2O3. The van der Waals surface area contributed by atoms with E-state index in [1.165, 1.54) is 13.2 Å². The molecule has 2 aromatic carbocycles. The van der Waals surface area contributed by atoms with Gasteiger partial charge in [-0.25, -0.2) is 4.79 Å². The number of methoxy groups -OCH3 is 1. The van der Waals surface area contributed by atoms with E-state index in [2.05, 4.69) is 4.74 Å². The number of carbonyl (C=O) groups is 1. The molecule has 102 valence electrons. The SMILES string of the molecule is COC(=O)c1ccccc1Oc1cccc(C#N)c1C#N. The Labute approximate surface area is 121 Å². The van der Waals surface area contributed by atoms with Gasteiger partial charge in [0.25, 0.3) is 0 Å². The average molecular weight is 278 g/mol. The van der Waals surface area contributed by atoms with Crippen molar-refractivity contribution in [3.05, 3.63) is 59.2 Å². The van der Waals surface area contributed by atoms with E-state index in [9.17, 15) is 4.79 Å². The number of para-hydroxylation sites is 1. The van der Waals surface area contributed by atoms with Gasteiger partial charge in [-0.05, 0) is 24.3 Å². The third kappa shape index (κ3) is 2.83. The number of nitrogens with zero attached hydrogens (tertiary/aromatic N) is 2. The first-order valence-electron chi connectivity index (χ1n) is 5.99. The zero-order chi connectivity index (χ0) is 15.2. The quantitative estimate of drug-likeness (QED) is 0.806. The van der Waals surface area contributed by atoms with Gasteiger partial charge >= 0.3 is 5.97 Å². The lowest BCUT2D eigenvalue weighted by atomic mass is 10.1. The summed E-state index contributed by atoms with van der Waals surface area (Å²) in [6.45, 7) is 0. The first kappa shape index (κ1) is 14.1.